The van der Waals surface area contributed by atoms with Crippen molar-refractivity contribution in [1.29, 1.82) is 0 Å². The number of piperidine rings is 2. The zero-order valence-electron chi connectivity index (χ0n) is 14.5. The molecule has 5 heteroatoms. The van der Waals surface area contributed by atoms with Crippen LogP contribution >= 0.6 is 0 Å². The molecule has 1 amide bonds. The van der Waals surface area contributed by atoms with Crippen LogP contribution in [0.4, 0.5) is 0 Å². The Labute approximate surface area is 144 Å². The lowest BCUT2D eigenvalue weighted by Gasteiger charge is -2.42. The van der Waals surface area contributed by atoms with E-state index in [0.29, 0.717) is 18.0 Å². The molecule has 1 atom stereocenters. The number of nitrogens with zero attached hydrogens (tertiary/aromatic N) is 2. The molecule has 3 heterocycles. The summed E-state index contributed by atoms with van der Waals surface area (Å²) in [7, 11) is 0. The van der Waals surface area contributed by atoms with Gasteiger partial charge in [0.25, 0.3) is 0 Å². The summed E-state index contributed by atoms with van der Waals surface area (Å²) in [6, 6.07) is 3.20. The van der Waals surface area contributed by atoms with Crippen molar-refractivity contribution in [1.82, 2.24) is 15.1 Å². The van der Waals surface area contributed by atoms with Gasteiger partial charge >= 0.3 is 0 Å². The van der Waals surface area contributed by atoms with Crippen molar-refractivity contribution in [3.8, 4) is 0 Å². The molecule has 1 aromatic rings. The molecule has 1 N–H and O–H groups in total. The maximum Gasteiger partial charge on any atom is 0.224 e. The first-order chi connectivity index (χ1) is 11.8. The van der Waals surface area contributed by atoms with Gasteiger partial charge < -0.3 is 9.73 Å². The number of carbonyl (C=O) groups excluding carboxylic acids is 1. The van der Waals surface area contributed by atoms with Crippen molar-refractivity contribution in [2.45, 2.75) is 57.2 Å². The van der Waals surface area contributed by atoms with E-state index in [1.54, 1.807) is 6.26 Å². The van der Waals surface area contributed by atoms with Gasteiger partial charge in [-0.2, -0.15) is 0 Å². The predicted molar refractivity (Wildman–Crippen MR) is 92.5 cm³/mol. The van der Waals surface area contributed by atoms with Gasteiger partial charge in [-0.15, -0.1) is 0 Å². The summed E-state index contributed by atoms with van der Waals surface area (Å²) in [6.45, 7) is 5.41. The molecule has 1 aromatic heterocycles. The number of hydrogen-bond acceptors (Lipinski definition) is 4. The summed E-state index contributed by atoms with van der Waals surface area (Å²) in [6.07, 6.45) is 10.6. The Bertz CT molecular complexity index is 533. The molecule has 0 spiro atoms. The van der Waals surface area contributed by atoms with E-state index in [-0.39, 0.29) is 5.92 Å². The third-order valence-corrected chi connectivity index (χ3v) is 5.81. The van der Waals surface area contributed by atoms with Gasteiger partial charge in [0.2, 0.25) is 5.91 Å². The number of rotatable bonds is 5. The van der Waals surface area contributed by atoms with Crippen LogP contribution in [-0.2, 0) is 11.3 Å². The number of likely N-dealkylation sites (tertiary alicyclic amines) is 2. The van der Waals surface area contributed by atoms with Gasteiger partial charge in [0.15, 0.2) is 0 Å². The first-order valence-electron chi connectivity index (χ1n) is 9.56. The molecule has 1 saturated carbocycles. The monoisotopic (exact) mass is 331 g/mol. The largest absolute Gasteiger partial charge is 0.472 e. The van der Waals surface area contributed by atoms with E-state index in [4.69, 9.17) is 4.42 Å². The molecule has 1 aliphatic carbocycles. The van der Waals surface area contributed by atoms with E-state index < -0.39 is 0 Å². The fraction of sp³-hybridized carbons (Fsp3) is 0.737. The number of furan rings is 1. The van der Waals surface area contributed by atoms with Crippen LogP contribution in [0.25, 0.3) is 0 Å². The minimum atomic E-state index is 0.211. The van der Waals surface area contributed by atoms with E-state index in [9.17, 15) is 4.79 Å². The summed E-state index contributed by atoms with van der Waals surface area (Å²) in [4.78, 5) is 17.5. The van der Waals surface area contributed by atoms with Gasteiger partial charge in [0.1, 0.15) is 0 Å². The van der Waals surface area contributed by atoms with Crippen molar-refractivity contribution in [3.05, 3.63) is 24.2 Å². The fourth-order valence-electron chi connectivity index (χ4n) is 4.18. The molecule has 4 rings (SSSR count). The Morgan fingerprint density at radius 3 is 2.71 bits per heavy atom. The highest BCUT2D eigenvalue weighted by atomic mass is 16.3. The molecule has 2 saturated heterocycles. The van der Waals surface area contributed by atoms with Gasteiger partial charge in [-0.3, -0.25) is 14.6 Å². The summed E-state index contributed by atoms with van der Waals surface area (Å²) in [5.41, 5.74) is 1.27. The number of hydrogen-bond donors (Lipinski definition) is 1. The van der Waals surface area contributed by atoms with Gasteiger partial charge in [0.05, 0.1) is 18.4 Å². The van der Waals surface area contributed by atoms with Crippen LogP contribution in [-0.4, -0.2) is 54.0 Å². The molecule has 0 radical (unpaired) electrons. The van der Waals surface area contributed by atoms with Crippen molar-refractivity contribution in [2.24, 2.45) is 5.92 Å². The van der Waals surface area contributed by atoms with Crippen molar-refractivity contribution < 1.29 is 9.21 Å². The highest BCUT2D eigenvalue weighted by Gasteiger charge is 2.33. The third kappa shape index (κ3) is 4.01. The smallest absolute Gasteiger partial charge is 0.224 e. The zero-order valence-corrected chi connectivity index (χ0v) is 14.5. The second-order valence-corrected chi connectivity index (χ2v) is 7.76. The lowest BCUT2D eigenvalue weighted by Crippen LogP contribution is -2.50. The number of nitrogens with one attached hydrogen (secondary N) is 1. The molecule has 0 bridgehead atoms. The maximum atomic E-state index is 12.4. The lowest BCUT2D eigenvalue weighted by molar-refractivity contribution is -0.127. The van der Waals surface area contributed by atoms with Crippen LogP contribution in [0.5, 0.6) is 0 Å². The molecule has 5 nitrogen and oxygen atoms in total. The second-order valence-electron chi connectivity index (χ2n) is 7.76. The minimum absolute atomic E-state index is 0.211. The van der Waals surface area contributed by atoms with Crippen LogP contribution in [0.2, 0.25) is 0 Å². The van der Waals surface area contributed by atoms with Crippen LogP contribution in [0.15, 0.2) is 23.0 Å². The molecular weight excluding hydrogens is 302 g/mol. The van der Waals surface area contributed by atoms with Gasteiger partial charge in [-0.05, 0) is 64.2 Å². The van der Waals surface area contributed by atoms with Gasteiger partial charge in [0, 0.05) is 30.7 Å². The highest BCUT2D eigenvalue weighted by Crippen LogP contribution is 2.26. The SMILES string of the molecule is O=C(NC1CC1)[C@H]1CCCN(C2CCN(Cc3ccoc3)CC2)C1. The van der Waals surface area contributed by atoms with E-state index >= 15 is 0 Å². The molecule has 132 valence electrons. The summed E-state index contributed by atoms with van der Waals surface area (Å²) < 4.78 is 5.17. The predicted octanol–water partition coefficient (Wildman–Crippen LogP) is 2.23. The van der Waals surface area contributed by atoms with Crippen molar-refractivity contribution in [3.63, 3.8) is 0 Å². The lowest BCUT2D eigenvalue weighted by atomic mass is 9.93. The summed E-state index contributed by atoms with van der Waals surface area (Å²) in [5, 5.41) is 3.20. The first-order valence-corrected chi connectivity index (χ1v) is 9.56. The Morgan fingerprint density at radius 2 is 2.00 bits per heavy atom. The molecule has 24 heavy (non-hydrogen) atoms. The Hall–Kier alpha value is -1.33. The minimum Gasteiger partial charge on any atom is -0.472 e. The van der Waals surface area contributed by atoms with Crippen LogP contribution in [0.1, 0.15) is 44.1 Å². The first kappa shape index (κ1) is 16.2. The van der Waals surface area contributed by atoms with Crippen LogP contribution in [0, 0.1) is 5.92 Å². The van der Waals surface area contributed by atoms with E-state index in [0.717, 1.165) is 39.0 Å². The third-order valence-electron chi connectivity index (χ3n) is 5.81. The topological polar surface area (TPSA) is 48.7 Å². The zero-order chi connectivity index (χ0) is 16.4. The summed E-state index contributed by atoms with van der Waals surface area (Å²) >= 11 is 0. The van der Waals surface area contributed by atoms with Gasteiger partial charge in [-0.25, -0.2) is 0 Å². The van der Waals surface area contributed by atoms with Crippen LogP contribution < -0.4 is 5.32 Å². The molecular formula is C19H29N3O2. The quantitative estimate of drug-likeness (QED) is 0.899. The Kier molecular flexibility index (Phi) is 4.90. The fourth-order valence-corrected chi connectivity index (χ4v) is 4.18. The average Bonchev–Trinajstić information content (AvgIpc) is 3.28. The maximum absolute atomic E-state index is 12.4. The number of amides is 1. The van der Waals surface area contributed by atoms with Crippen LogP contribution in [0.3, 0.4) is 0 Å². The Balaban J connectivity index is 1.24. The van der Waals surface area contributed by atoms with E-state index in [2.05, 4.69) is 21.2 Å². The molecule has 3 aliphatic rings. The molecule has 0 aromatic carbocycles. The number of carbonyl (C=O) groups is 1. The van der Waals surface area contributed by atoms with Crippen molar-refractivity contribution >= 4 is 5.91 Å². The highest BCUT2D eigenvalue weighted by molar-refractivity contribution is 5.79. The average molecular weight is 331 g/mol. The molecule has 3 fully saturated rings. The molecule has 0 unspecified atom stereocenters. The molecule has 2 aliphatic heterocycles. The van der Waals surface area contributed by atoms with Crippen molar-refractivity contribution in [2.75, 3.05) is 26.2 Å². The normalized spacial score (nSPS) is 27.2. The Morgan fingerprint density at radius 1 is 1.17 bits per heavy atom. The summed E-state index contributed by atoms with van der Waals surface area (Å²) in [5.74, 6) is 0.517. The van der Waals surface area contributed by atoms with E-state index in [1.807, 2.05) is 6.26 Å². The standard InChI is InChI=1S/C19H29N3O2/c23-19(20-17-3-4-17)16-2-1-8-22(13-16)18-5-9-21(10-6-18)12-15-7-11-24-14-15/h7,11,14,16-18H,1-6,8-10,12-13H2,(H,20,23)/t16-/m0/s1. The second kappa shape index (κ2) is 7.28. The van der Waals surface area contributed by atoms with E-state index in [1.165, 1.54) is 37.8 Å². The van der Waals surface area contributed by atoms with Gasteiger partial charge in [-0.1, -0.05) is 0 Å².